The predicted molar refractivity (Wildman–Crippen MR) is 231 cm³/mol. The molecule has 1 aliphatic rings. The van der Waals surface area contributed by atoms with Crippen molar-refractivity contribution in [2.24, 2.45) is 5.73 Å². The van der Waals surface area contributed by atoms with Gasteiger partial charge in [-0.15, -0.1) is 0 Å². The number of hydrogen-bond donors (Lipinski definition) is 11. The molecule has 2 heterocycles. The molecule has 0 spiro atoms. The fourth-order valence-electron chi connectivity index (χ4n) is 6.55. The fraction of sp³-hybridized carbons (Fsp3) is 0.512. The first-order valence-corrected chi connectivity index (χ1v) is 22.6. The van der Waals surface area contributed by atoms with E-state index in [1.54, 1.807) is 6.20 Å². The number of fused-ring (bicyclic) bond motifs is 1. The van der Waals surface area contributed by atoms with Gasteiger partial charge in [-0.1, -0.05) is 83.0 Å². The van der Waals surface area contributed by atoms with Crippen LogP contribution in [0.5, 0.6) is 0 Å². The van der Waals surface area contributed by atoms with Crippen LogP contribution in [0.2, 0.25) is 0 Å². The van der Waals surface area contributed by atoms with Crippen molar-refractivity contribution in [3.63, 3.8) is 0 Å². The number of carbonyl (C=O) groups is 6. The summed E-state index contributed by atoms with van der Waals surface area (Å²) >= 11 is 0. The Bertz CT molecular complexity index is 1880. The molecule has 328 valence electrons. The van der Waals surface area contributed by atoms with Crippen molar-refractivity contribution in [2.45, 2.75) is 107 Å². The number of unbranched alkanes of at least 4 members (excludes halogenated alkanes) is 2. The van der Waals surface area contributed by atoms with Gasteiger partial charge in [0.1, 0.15) is 30.2 Å². The molecule has 1 aromatic heterocycles. The summed E-state index contributed by atoms with van der Waals surface area (Å²) in [5.74, 6) is -4.00. The van der Waals surface area contributed by atoms with Crippen LogP contribution in [0.4, 0.5) is 0 Å². The lowest BCUT2D eigenvalue weighted by atomic mass is 10.0. The lowest BCUT2D eigenvalue weighted by molar-refractivity contribution is -0.136. The largest absolute Gasteiger partial charge is 0.394 e. The van der Waals surface area contributed by atoms with Crippen molar-refractivity contribution in [1.29, 1.82) is 0 Å². The number of aliphatic hydroxyl groups is 3. The molecule has 0 radical (unpaired) electrons. The fourth-order valence-corrected chi connectivity index (χ4v) is 8.71. The summed E-state index contributed by atoms with van der Waals surface area (Å²) in [6, 6.07) is 9.12. The summed E-state index contributed by atoms with van der Waals surface area (Å²) in [5.41, 5.74) is 8.00. The topological polar surface area (TPSA) is 277 Å². The van der Waals surface area contributed by atoms with E-state index in [2.05, 4.69) is 36.9 Å². The molecule has 0 unspecified atom stereocenters. The number of nitrogens with two attached hydrogens (primary N) is 1. The zero-order valence-corrected chi connectivity index (χ0v) is 35.5. The number of benzene rings is 2. The number of nitrogens with one attached hydrogen (secondary N) is 7. The summed E-state index contributed by atoms with van der Waals surface area (Å²) in [6.45, 7) is 2.50. The highest BCUT2D eigenvalue weighted by Gasteiger charge is 2.35. The minimum atomic E-state index is -1.57. The molecule has 4 rings (SSSR count). The van der Waals surface area contributed by atoms with E-state index < -0.39 is 90.5 Å². The number of aliphatic hydroxyl groups excluding tert-OH is 3. The highest BCUT2D eigenvalue weighted by Crippen LogP contribution is 2.24. The van der Waals surface area contributed by atoms with Gasteiger partial charge in [-0.05, 0) is 50.4 Å². The second-order valence-electron chi connectivity index (χ2n) is 14.8. The number of hydrogen-bond acceptors (Lipinski definition) is 12. The SMILES string of the molecule is C[C@@H](O)[C@@H]1NC(=O)[C@H](CCCCCN)NC(=O)[C@@H](Cc2c[nH]c3ccccc23)NC(=O)[C@H](Cc2ccccc2)NC(=O)CCSSC[C@@H](C(=O)N[C@H](CO)[C@@H](C)O)NC1=O. The van der Waals surface area contributed by atoms with E-state index in [0.717, 1.165) is 27.3 Å². The van der Waals surface area contributed by atoms with Crippen LogP contribution in [-0.2, 0) is 41.6 Å². The molecular weight excluding hydrogens is 813 g/mol. The van der Waals surface area contributed by atoms with E-state index >= 15 is 0 Å². The average Bonchev–Trinajstić information content (AvgIpc) is 3.63. The van der Waals surface area contributed by atoms with Crippen LogP contribution < -0.4 is 37.6 Å². The molecule has 3 aromatic rings. The molecule has 1 saturated heterocycles. The summed E-state index contributed by atoms with van der Waals surface area (Å²) in [4.78, 5) is 86.4. The number of H-pyrrole nitrogens is 1. The van der Waals surface area contributed by atoms with Gasteiger partial charge in [0.2, 0.25) is 35.4 Å². The standard InChI is InChI=1S/C41H58N8O9S2/c1-24(51)33(22-50)47-40(57)34-23-60-59-18-16-35(53)44-31(19-26-11-5-3-6-12-26)38(55)46-32(20-27-21-43-29-14-9-8-13-28(27)29)39(56)45-30(15-7-4-10-17-42)37(54)49-36(25(2)52)41(58)48-34/h3,5-6,8-9,11-14,21,24-25,30-34,36,43,50-52H,4,7,10,15-20,22-23,42H2,1-2H3,(H,44,53)(H,45,56)(H,46,55)(H,47,57)(H,48,58)(H,49,54)/t24-,25-,30+,31+,32-,33-,34+,36+/m1/s1. The third-order valence-electron chi connectivity index (χ3n) is 10.0. The Balaban J connectivity index is 1.71. The van der Waals surface area contributed by atoms with Gasteiger partial charge >= 0.3 is 0 Å². The van der Waals surface area contributed by atoms with E-state index in [1.807, 2.05) is 54.6 Å². The Morgan fingerprint density at radius 2 is 1.47 bits per heavy atom. The van der Waals surface area contributed by atoms with Crippen LogP contribution >= 0.6 is 21.6 Å². The maximum absolute atomic E-state index is 14.4. The molecule has 1 aliphatic heterocycles. The number of amides is 6. The number of rotatable bonds is 14. The van der Waals surface area contributed by atoms with Gasteiger partial charge in [-0.25, -0.2) is 0 Å². The van der Waals surface area contributed by atoms with Gasteiger partial charge < -0.3 is 57.9 Å². The molecular formula is C41H58N8O9S2. The zero-order valence-electron chi connectivity index (χ0n) is 33.9. The van der Waals surface area contributed by atoms with Gasteiger partial charge in [0.25, 0.3) is 0 Å². The normalized spacial score (nSPS) is 23.2. The molecule has 12 N–H and O–H groups in total. The van der Waals surface area contributed by atoms with Gasteiger partial charge in [-0.3, -0.25) is 28.8 Å². The molecule has 0 aliphatic carbocycles. The second-order valence-corrected chi connectivity index (χ2v) is 17.4. The summed E-state index contributed by atoms with van der Waals surface area (Å²) < 4.78 is 0. The molecule has 8 atom stereocenters. The number of carbonyl (C=O) groups excluding carboxylic acids is 6. The van der Waals surface area contributed by atoms with Crippen LogP contribution in [0.15, 0.2) is 60.8 Å². The van der Waals surface area contributed by atoms with Gasteiger partial charge in [0, 0.05) is 47.9 Å². The third-order valence-corrected chi connectivity index (χ3v) is 12.4. The number of aromatic nitrogens is 1. The van der Waals surface area contributed by atoms with Crippen molar-refractivity contribution >= 4 is 67.9 Å². The van der Waals surface area contributed by atoms with Crippen LogP contribution in [-0.4, -0.2) is 129 Å². The van der Waals surface area contributed by atoms with Crippen molar-refractivity contribution < 1.29 is 44.1 Å². The first-order valence-electron chi connectivity index (χ1n) is 20.1. The van der Waals surface area contributed by atoms with E-state index in [0.29, 0.717) is 31.4 Å². The van der Waals surface area contributed by atoms with Gasteiger partial charge in [0.15, 0.2) is 0 Å². The quantitative estimate of drug-likeness (QED) is 0.0751. The summed E-state index contributed by atoms with van der Waals surface area (Å²) in [5, 5.41) is 47.5. The van der Waals surface area contributed by atoms with Crippen LogP contribution in [0.1, 0.15) is 57.1 Å². The minimum absolute atomic E-state index is 0.0112. The lowest BCUT2D eigenvalue weighted by Crippen LogP contribution is -2.62. The van der Waals surface area contributed by atoms with Crippen molar-refractivity contribution in [1.82, 2.24) is 36.9 Å². The van der Waals surface area contributed by atoms with E-state index in [1.165, 1.54) is 24.6 Å². The van der Waals surface area contributed by atoms with Gasteiger partial charge in [-0.2, -0.15) is 0 Å². The third kappa shape index (κ3) is 14.8. The molecule has 2 aromatic carbocycles. The average molecular weight is 871 g/mol. The van der Waals surface area contributed by atoms with Crippen molar-refractivity contribution in [3.05, 3.63) is 71.9 Å². The lowest BCUT2D eigenvalue weighted by Gasteiger charge is -2.29. The smallest absolute Gasteiger partial charge is 0.245 e. The van der Waals surface area contributed by atoms with Crippen molar-refractivity contribution in [2.75, 3.05) is 24.7 Å². The van der Waals surface area contributed by atoms with Gasteiger partial charge in [0.05, 0.1) is 24.9 Å². The Hall–Kier alpha value is -4.66. The molecule has 17 nitrogen and oxygen atoms in total. The van der Waals surface area contributed by atoms with Crippen LogP contribution in [0.3, 0.4) is 0 Å². The number of para-hydroxylation sites is 1. The molecule has 19 heteroatoms. The summed E-state index contributed by atoms with van der Waals surface area (Å²) in [6.07, 6.45) is 1.12. The maximum Gasteiger partial charge on any atom is 0.245 e. The molecule has 0 saturated carbocycles. The van der Waals surface area contributed by atoms with E-state index in [-0.39, 0.29) is 37.2 Å². The zero-order chi connectivity index (χ0) is 43.6. The summed E-state index contributed by atoms with van der Waals surface area (Å²) in [7, 11) is 2.40. The maximum atomic E-state index is 14.4. The minimum Gasteiger partial charge on any atom is -0.394 e. The van der Waals surface area contributed by atoms with Crippen LogP contribution in [0.25, 0.3) is 10.9 Å². The van der Waals surface area contributed by atoms with Crippen molar-refractivity contribution in [3.8, 4) is 0 Å². The first-order chi connectivity index (χ1) is 28.8. The van der Waals surface area contributed by atoms with E-state index in [9.17, 15) is 44.1 Å². The molecule has 6 amide bonds. The van der Waals surface area contributed by atoms with E-state index in [4.69, 9.17) is 5.73 Å². The Kier molecular flexibility index (Phi) is 19.7. The number of aromatic amines is 1. The molecule has 60 heavy (non-hydrogen) atoms. The monoisotopic (exact) mass is 870 g/mol. The Labute approximate surface area is 357 Å². The molecule has 1 fully saturated rings. The molecule has 0 bridgehead atoms. The highest BCUT2D eigenvalue weighted by molar-refractivity contribution is 8.76. The Morgan fingerprint density at radius 1 is 0.800 bits per heavy atom. The van der Waals surface area contributed by atoms with Crippen LogP contribution in [0, 0.1) is 0 Å². The highest BCUT2D eigenvalue weighted by atomic mass is 33.1. The second kappa shape index (κ2) is 24.6. The first kappa shape index (κ1) is 48.0. The predicted octanol–water partition coefficient (Wildman–Crippen LogP) is -0.0800. The Morgan fingerprint density at radius 3 is 2.15 bits per heavy atom.